The molecule has 0 saturated carbocycles. The molecule has 2 heterocycles. The third-order valence-corrected chi connectivity index (χ3v) is 2.16. The SMILES string of the molecule is O=C1CCC(c2cn[nH]c2)C(=O)N1. The molecule has 0 aliphatic carbocycles. The van der Waals surface area contributed by atoms with Gasteiger partial charge in [-0.3, -0.25) is 20.0 Å². The van der Waals surface area contributed by atoms with Gasteiger partial charge in [-0.25, -0.2) is 0 Å². The first-order valence-electron chi connectivity index (χ1n) is 4.10. The molecule has 68 valence electrons. The number of nitrogens with one attached hydrogen (secondary N) is 2. The van der Waals surface area contributed by atoms with Gasteiger partial charge in [-0.05, 0) is 6.42 Å². The number of hydrogen-bond donors (Lipinski definition) is 2. The van der Waals surface area contributed by atoms with E-state index in [1.807, 2.05) is 0 Å². The molecule has 1 aliphatic rings. The van der Waals surface area contributed by atoms with Crippen LogP contribution in [0.3, 0.4) is 0 Å². The summed E-state index contributed by atoms with van der Waals surface area (Å²) in [6.07, 6.45) is 4.27. The van der Waals surface area contributed by atoms with Gasteiger partial charge in [0.05, 0.1) is 12.1 Å². The Balaban J connectivity index is 2.17. The quantitative estimate of drug-likeness (QED) is 0.592. The van der Waals surface area contributed by atoms with Crippen LogP contribution in [0.4, 0.5) is 0 Å². The lowest BCUT2D eigenvalue weighted by Gasteiger charge is -2.19. The second kappa shape index (κ2) is 3.01. The van der Waals surface area contributed by atoms with Gasteiger partial charge in [0.25, 0.3) is 0 Å². The number of H-pyrrole nitrogens is 1. The van der Waals surface area contributed by atoms with Crippen molar-refractivity contribution in [1.29, 1.82) is 0 Å². The third kappa shape index (κ3) is 1.44. The first kappa shape index (κ1) is 7.97. The minimum atomic E-state index is -0.226. The Morgan fingerprint density at radius 3 is 2.92 bits per heavy atom. The normalized spacial score (nSPS) is 22.9. The molecule has 2 rings (SSSR count). The van der Waals surface area contributed by atoms with Crippen LogP contribution in [0.5, 0.6) is 0 Å². The maximum atomic E-state index is 11.3. The molecule has 1 aromatic heterocycles. The summed E-state index contributed by atoms with van der Waals surface area (Å²) in [6, 6.07) is 0. The largest absolute Gasteiger partial charge is 0.296 e. The lowest BCUT2D eigenvalue weighted by Crippen LogP contribution is -2.39. The summed E-state index contributed by atoms with van der Waals surface area (Å²) in [5.74, 6) is -0.640. The van der Waals surface area contributed by atoms with E-state index in [2.05, 4.69) is 15.5 Å². The summed E-state index contributed by atoms with van der Waals surface area (Å²) in [5, 5.41) is 8.70. The van der Waals surface area contributed by atoms with E-state index in [-0.39, 0.29) is 17.7 Å². The first-order chi connectivity index (χ1) is 6.27. The summed E-state index contributed by atoms with van der Waals surface area (Å²) < 4.78 is 0. The Morgan fingerprint density at radius 2 is 2.31 bits per heavy atom. The predicted octanol–water partition coefficient (Wildman–Crippen LogP) is -0.0701. The predicted molar refractivity (Wildman–Crippen MR) is 43.7 cm³/mol. The van der Waals surface area contributed by atoms with E-state index in [9.17, 15) is 9.59 Å². The lowest BCUT2D eigenvalue weighted by atomic mass is 9.93. The fourth-order valence-corrected chi connectivity index (χ4v) is 1.46. The topological polar surface area (TPSA) is 74.8 Å². The fraction of sp³-hybridized carbons (Fsp3) is 0.375. The van der Waals surface area contributed by atoms with E-state index in [0.717, 1.165) is 5.56 Å². The van der Waals surface area contributed by atoms with Crippen molar-refractivity contribution in [3.05, 3.63) is 18.0 Å². The summed E-state index contributed by atoms with van der Waals surface area (Å²) in [5.41, 5.74) is 0.838. The summed E-state index contributed by atoms with van der Waals surface area (Å²) >= 11 is 0. The van der Waals surface area contributed by atoms with Crippen LogP contribution in [0.25, 0.3) is 0 Å². The van der Waals surface area contributed by atoms with Crippen LogP contribution in [-0.4, -0.2) is 22.0 Å². The highest BCUT2D eigenvalue weighted by Gasteiger charge is 2.28. The molecule has 0 aromatic carbocycles. The van der Waals surface area contributed by atoms with E-state index in [4.69, 9.17) is 0 Å². The van der Waals surface area contributed by atoms with E-state index in [1.165, 1.54) is 0 Å². The third-order valence-electron chi connectivity index (χ3n) is 2.16. The van der Waals surface area contributed by atoms with Gasteiger partial charge in [0.1, 0.15) is 0 Å². The van der Waals surface area contributed by atoms with E-state index >= 15 is 0 Å². The Labute approximate surface area is 74.5 Å². The van der Waals surface area contributed by atoms with Crippen LogP contribution in [0.2, 0.25) is 0 Å². The standard InChI is InChI=1S/C8H9N3O2/c12-7-2-1-6(8(13)11-7)5-3-9-10-4-5/h3-4,6H,1-2H2,(H,9,10)(H,11,12,13). The summed E-state index contributed by atoms with van der Waals surface area (Å²) in [6.45, 7) is 0. The van der Waals surface area contributed by atoms with Gasteiger partial charge in [0.15, 0.2) is 0 Å². The van der Waals surface area contributed by atoms with Gasteiger partial charge in [-0.1, -0.05) is 0 Å². The maximum Gasteiger partial charge on any atom is 0.234 e. The van der Waals surface area contributed by atoms with Crippen molar-refractivity contribution in [1.82, 2.24) is 15.5 Å². The zero-order chi connectivity index (χ0) is 9.26. The number of amides is 2. The van der Waals surface area contributed by atoms with Crippen LogP contribution >= 0.6 is 0 Å². The molecule has 5 nitrogen and oxygen atoms in total. The molecule has 2 N–H and O–H groups in total. The average Bonchev–Trinajstić information content (AvgIpc) is 2.56. The molecule has 0 spiro atoms. The highest BCUT2D eigenvalue weighted by molar-refractivity contribution is 6.00. The Kier molecular flexibility index (Phi) is 1.84. The molecule has 5 heteroatoms. The molecule has 1 unspecified atom stereocenters. The van der Waals surface area contributed by atoms with Crippen molar-refractivity contribution >= 4 is 11.8 Å². The molecule has 1 saturated heterocycles. The molecular weight excluding hydrogens is 170 g/mol. The van der Waals surface area contributed by atoms with Crippen molar-refractivity contribution in [3.8, 4) is 0 Å². The van der Waals surface area contributed by atoms with E-state index < -0.39 is 0 Å². The maximum absolute atomic E-state index is 11.3. The molecule has 0 bridgehead atoms. The van der Waals surface area contributed by atoms with Crippen molar-refractivity contribution < 1.29 is 9.59 Å². The van der Waals surface area contributed by atoms with Crippen molar-refractivity contribution in [2.24, 2.45) is 0 Å². The minimum absolute atomic E-state index is 0.190. The van der Waals surface area contributed by atoms with Crippen LogP contribution in [0.1, 0.15) is 24.3 Å². The van der Waals surface area contributed by atoms with Gasteiger partial charge in [-0.2, -0.15) is 5.10 Å². The molecule has 1 aliphatic heterocycles. The fourth-order valence-electron chi connectivity index (χ4n) is 1.46. The molecule has 1 fully saturated rings. The van der Waals surface area contributed by atoms with Crippen molar-refractivity contribution in [3.63, 3.8) is 0 Å². The summed E-state index contributed by atoms with van der Waals surface area (Å²) in [7, 11) is 0. The molecule has 1 atom stereocenters. The second-order valence-electron chi connectivity index (χ2n) is 3.04. The van der Waals surface area contributed by atoms with Gasteiger partial charge in [0.2, 0.25) is 11.8 Å². The number of aromatic amines is 1. The van der Waals surface area contributed by atoms with Gasteiger partial charge < -0.3 is 0 Å². The number of carbonyl (C=O) groups is 2. The number of hydrogen-bond acceptors (Lipinski definition) is 3. The summed E-state index contributed by atoms with van der Waals surface area (Å²) in [4.78, 5) is 22.2. The molecule has 1 aromatic rings. The van der Waals surface area contributed by atoms with Crippen LogP contribution < -0.4 is 5.32 Å². The number of imide groups is 1. The zero-order valence-corrected chi connectivity index (χ0v) is 6.91. The van der Waals surface area contributed by atoms with Crippen LogP contribution in [0, 0.1) is 0 Å². The number of aromatic nitrogens is 2. The van der Waals surface area contributed by atoms with Gasteiger partial charge in [0, 0.05) is 18.2 Å². The number of carbonyl (C=O) groups excluding carboxylic acids is 2. The number of nitrogens with zero attached hydrogens (tertiary/aromatic N) is 1. The Bertz CT molecular complexity index is 331. The lowest BCUT2D eigenvalue weighted by molar-refractivity contribution is -0.134. The Hall–Kier alpha value is -1.65. The highest BCUT2D eigenvalue weighted by Crippen LogP contribution is 2.23. The van der Waals surface area contributed by atoms with Crippen molar-refractivity contribution in [2.45, 2.75) is 18.8 Å². The first-order valence-corrected chi connectivity index (χ1v) is 4.10. The monoisotopic (exact) mass is 179 g/mol. The van der Waals surface area contributed by atoms with Crippen LogP contribution in [0.15, 0.2) is 12.4 Å². The van der Waals surface area contributed by atoms with Gasteiger partial charge >= 0.3 is 0 Å². The second-order valence-corrected chi connectivity index (χ2v) is 3.04. The average molecular weight is 179 g/mol. The zero-order valence-electron chi connectivity index (χ0n) is 6.91. The highest BCUT2D eigenvalue weighted by atomic mass is 16.2. The van der Waals surface area contributed by atoms with E-state index in [0.29, 0.717) is 12.8 Å². The van der Waals surface area contributed by atoms with Gasteiger partial charge in [-0.15, -0.1) is 0 Å². The number of rotatable bonds is 1. The molecule has 0 radical (unpaired) electrons. The minimum Gasteiger partial charge on any atom is -0.296 e. The Morgan fingerprint density at radius 1 is 1.46 bits per heavy atom. The van der Waals surface area contributed by atoms with Crippen LogP contribution in [-0.2, 0) is 9.59 Å². The smallest absolute Gasteiger partial charge is 0.234 e. The number of piperidine rings is 1. The molecule has 13 heavy (non-hydrogen) atoms. The molecular formula is C8H9N3O2. The van der Waals surface area contributed by atoms with Crippen molar-refractivity contribution in [2.75, 3.05) is 0 Å². The molecule has 2 amide bonds. The van der Waals surface area contributed by atoms with E-state index in [1.54, 1.807) is 12.4 Å².